The normalized spacial score (nSPS) is 14.3. The summed E-state index contributed by atoms with van der Waals surface area (Å²) in [5.74, 6) is -0.0464. The lowest BCUT2D eigenvalue weighted by Crippen LogP contribution is -2.46. The summed E-state index contributed by atoms with van der Waals surface area (Å²) in [6, 6.07) is 21.0. The van der Waals surface area contributed by atoms with Crippen molar-refractivity contribution in [3.63, 3.8) is 0 Å². The van der Waals surface area contributed by atoms with E-state index in [4.69, 9.17) is 9.47 Å². The second-order valence-electron chi connectivity index (χ2n) is 11.0. The van der Waals surface area contributed by atoms with Crippen LogP contribution in [0.25, 0.3) is 21.8 Å². The van der Waals surface area contributed by atoms with Gasteiger partial charge in [0.1, 0.15) is 11.5 Å². The number of aromatic nitrogens is 2. The van der Waals surface area contributed by atoms with Gasteiger partial charge in [0.05, 0.1) is 37.3 Å². The Morgan fingerprint density at radius 3 is 2.65 bits per heavy atom. The zero-order valence-corrected chi connectivity index (χ0v) is 24.6. The minimum Gasteiger partial charge on any atom is -0.507 e. The van der Waals surface area contributed by atoms with E-state index >= 15 is 0 Å². The highest BCUT2D eigenvalue weighted by molar-refractivity contribution is 5.89. The summed E-state index contributed by atoms with van der Waals surface area (Å²) in [7, 11) is 3.34. The summed E-state index contributed by atoms with van der Waals surface area (Å²) < 4.78 is 12.5. The molecule has 0 spiro atoms. The molecule has 1 saturated heterocycles. The quantitative estimate of drug-likeness (QED) is 0.256. The minimum atomic E-state index is -0.643. The predicted molar refractivity (Wildman–Crippen MR) is 167 cm³/mol. The topological polar surface area (TPSA) is 109 Å². The molecule has 1 aliphatic rings. The van der Waals surface area contributed by atoms with Gasteiger partial charge >= 0.3 is 6.03 Å². The molecule has 0 aliphatic carbocycles. The van der Waals surface area contributed by atoms with E-state index in [2.05, 4.69) is 16.4 Å². The summed E-state index contributed by atoms with van der Waals surface area (Å²) in [6.07, 6.45) is 0.518. The molecule has 2 amide bonds. The fourth-order valence-corrected chi connectivity index (χ4v) is 6.13. The van der Waals surface area contributed by atoms with Gasteiger partial charge in [-0.15, -0.1) is 0 Å². The van der Waals surface area contributed by atoms with E-state index < -0.39 is 5.92 Å². The number of aromatic hydroxyl groups is 1. The molecule has 1 aliphatic heterocycles. The van der Waals surface area contributed by atoms with Crippen molar-refractivity contribution in [3.05, 3.63) is 105 Å². The number of aryl methyl sites for hydroxylation is 2. The number of carbonyl (C=O) groups excluding carboxylic acids is 1. The first-order chi connectivity index (χ1) is 20.9. The van der Waals surface area contributed by atoms with Crippen LogP contribution < -0.4 is 15.6 Å². The van der Waals surface area contributed by atoms with Crippen LogP contribution >= 0.6 is 0 Å². The minimum absolute atomic E-state index is 0.0482. The first-order valence-corrected chi connectivity index (χ1v) is 14.5. The molecule has 9 nitrogen and oxygen atoms in total. The number of fused-ring (bicyclic) bond motifs is 2. The number of rotatable bonds is 7. The fourth-order valence-electron chi connectivity index (χ4n) is 6.13. The number of morpholine rings is 1. The highest BCUT2D eigenvalue weighted by Gasteiger charge is 2.30. The Bertz CT molecular complexity index is 1870. The summed E-state index contributed by atoms with van der Waals surface area (Å²) in [6.45, 7) is 4.63. The predicted octanol–water partition coefficient (Wildman–Crippen LogP) is 4.81. The summed E-state index contributed by atoms with van der Waals surface area (Å²) in [5, 5.41) is 16.4. The van der Waals surface area contributed by atoms with E-state index in [1.165, 1.54) is 0 Å². The number of nitrogens with zero attached hydrogens (tertiary/aromatic N) is 2. The van der Waals surface area contributed by atoms with E-state index in [0.29, 0.717) is 55.9 Å². The maximum atomic E-state index is 14.1. The van der Waals surface area contributed by atoms with Gasteiger partial charge in [-0.25, -0.2) is 4.79 Å². The Kier molecular flexibility index (Phi) is 7.82. The molecule has 0 radical (unpaired) electrons. The number of ether oxygens (including phenoxy) is 2. The third kappa shape index (κ3) is 5.32. The van der Waals surface area contributed by atoms with Crippen molar-refractivity contribution in [2.24, 2.45) is 7.05 Å². The molecule has 0 bridgehead atoms. The largest absolute Gasteiger partial charge is 0.507 e. The number of pyridine rings is 1. The van der Waals surface area contributed by atoms with E-state index in [-0.39, 0.29) is 22.9 Å². The van der Waals surface area contributed by atoms with E-state index in [0.717, 1.165) is 33.3 Å². The molecule has 6 rings (SSSR count). The van der Waals surface area contributed by atoms with Gasteiger partial charge in [-0.3, -0.25) is 4.79 Å². The maximum absolute atomic E-state index is 14.1. The van der Waals surface area contributed by atoms with Gasteiger partial charge in [0.25, 0.3) is 5.56 Å². The van der Waals surface area contributed by atoms with E-state index in [1.54, 1.807) is 23.6 Å². The number of methoxy groups -OCH3 is 1. The molecular formula is C34H36N4O5. The number of hydrogen-bond donors (Lipinski definition) is 3. The molecule has 9 heteroatoms. The highest BCUT2D eigenvalue weighted by Crippen LogP contribution is 2.41. The smallest absolute Gasteiger partial charge is 0.317 e. The zero-order valence-electron chi connectivity index (χ0n) is 24.6. The Hall–Kier alpha value is -4.76. The Balaban J connectivity index is 1.52. The zero-order chi connectivity index (χ0) is 30.1. The summed E-state index contributed by atoms with van der Waals surface area (Å²) >= 11 is 0. The van der Waals surface area contributed by atoms with Crippen molar-refractivity contribution in [2.75, 3.05) is 40.0 Å². The molecule has 3 aromatic carbocycles. The molecule has 5 aromatic rings. The second kappa shape index (κ2) is 11.9. The van der Waals surface area contributed by atoms with Crippen LogP contribution in [0.3, 0.4) is 0 Å². The van der Waals surface area contributed by atoms with Crippen LogP contribution in [-0.4, -0.2) is 65.5 Å². The molecule has 2 aromatic heterocycles. The molecule has 1 fully saturated rings. The number of para-hydroxylation sites is 1. The molecular weight excluding hydrogens is 544 g/mol. The first kappa shape index (κ1) is 28.4. The van der Waals surface area contributed by atoms with E-state index in [9.17, 15) is 14.7 Å². The molecule has 222 valence electrons. The summed E-state index contributed by atoms with van der Waals surface area (Å²) in [4.78, 5) is 32.4. The van der Waals surface area contributed by atoms with E-state index in [1.807, 2.05) is 67.6 Å². The van der Waals surface area contributed by atoms with Crippen molar-refractivity contribution in [2.45, 2.75) is 19.3 Å². The van der Waals surface area contributed by atoms with Crippen LogP contribution in [0.1, 0.15) is 33.9 Å². The Morgan fingerprint density at radius 1 is 1.07 bits per heavy atom. The van der Waals surface area contributed by atoms with Crippen LogP contribution in [0.15, 0.2) is 71.5 Å². The van der Waals surface area contributed by atoms with Gasteiger partial charge in [-0.1, -0.05) is 35.9 Å². The molecule has 3 N–H and O–H groups in total. The number of hydrogen-bond acceptors (Lipinski definition) is 5. The van der Waals surface area contributed by atoms with Gasteiger partial charge in [0.15, 0.2) is 0 Å². The Morgan fingerprint density at radius 2 is 1.86 bits per heavy atom. The second-order valence-corrected chi connectivity index (χ2v) is 11.0. The van der Waals surface area contributed by atoms with Gasteiger partial charge in [-0.2, -0.15) is 0 Å². The van der Waals surface area contributed by atoms with Crippen molar-refractivity contribution in [3.8, 4) is 11.5 Å². The Labute approximate surface area is 249 Å². The van der Waals surface area contributed by atoms with Crippen LogP contribution in [0, 0.1) is 6.92 Å². The van der Waals surface area contributed by atoms with Gasteiger partial charge in [-0.05, 0) is 60.9 Å². The average Bonchev–Trinajstić information content (AvgIpc) is 3.39. The van der Waals surface area contributed by atoms with Crippen molar-refractivity contribution < 1.29 is 19.4 Å². The number of benzene rings is 3. The van der Waals surface area contributed by atoms with Crippen LogP contribution in [0.5, 0.6) is 11.5 Å². The first-order valence-electron chi connectivity index (χ1n) is 14.5. The van der Waals surface area contributed by atoms with Crippen molar-refractivity contribution >= 4 is 27.8 Å². The maximum Gasteiger partial charge on any atom is 0.317 e. The standard InChI is InChI=1S/C34H36N4O5/c1-21-11-12-27-26(19-21)24(13-14-35-34(41)38-15-17-43-18-16-38)31(36-27)29(22-7-6-8-23(20-22)42-3)30-32(39)25-9-4-5-10-28(25)37(2)33(30)40/h4-12,19-20,29,36,39H,13-18H2,1-3H3,(H,35,41). The van der Waals surface area contributed by atoms with Gasteiger partial charge < -0.3 is 34.3 Å². The van der Waals surface area contributed by atoms with Gasteiger partial charge in [0, 0.05) is 48.7 Å². The van der Waals surface area contributed by atoms with Crippen molar-refractivity contribution in [1.29, 1.82) is 0 Å². The average molecular weight is 581 g/mol. The number of amides is 2. The molecule has 0 saturated carbocycles. The lowest BCUT2D eigenvalue weighted by atomic mass is 9.85. The number of aromatic amines is 1. The molecule has 1 unspecified atom stereocenters. The number of urea groups is 1. The number of carbonyl (C=O) groups is 1. The van der Waals surface area contributed by atoms with Crippen LogP contribution in [-0.2, 0) is 18.2 Å². The van der Waals surface area contributed by atoms with Gasteiger partial charge in [0.2, 0.25) is 0 Å². The van der Waals surface area contributed by atoms with Crippen molar-refractivity contribution in [1.82, 2.24) is 19.8 Å². The monoisotopic (exact) mass is 580 g/mol. The fraction of sp³-hybridized carbons (Fsp3) is 0.294. The number of H-pyrrole nitrogens is 1. The lowest BCUT2D eigenvalue weighted by molar-refractivity contribution is 0.0533. The molecule has 43 heavy (non-hydrogen) atoms. The molecule has 1 atom stereocenters. The third-order valence-corrected chi connectivity index (χ3v) is 8.36. The van der Waals surface area contributed by atoms with Crippen LogP contribution in [0.2, 0.25) is 0 Å². The number of nitrogens with one attached hydrogen (secondary N) is 2. The molecule has 3 heterocycles. The van der Waals surface area contributed by atoms with Crippen LogP contribution in [0.4, 0.5) is 4.79 Å². The summed E-state index contributed by atoms with van der Waals surface area (Å²) in [5.41, 5.74) is 5.21. The SMILES string of the molecule is COc1cccc(C(c2[nH]c3ccc(C)cc3c2CCNC(=O)N2CCOCC2)c2c(O)c3ccccc3n(C)c2=O)c1. The highest BCUT2D eigenvalue weighted by atomic mass is 16.5. The third-order valence-electron chi connectivity index (χ3n) is 8.36. The lowest BCUT2D eigenvalue weighted by Gasteiger charge is -2.27.